The number of para-hydroxylation sites is 1. The van der Waals surface area contributed by atoms with E-state index in [9.17, 15) is 9.18 Å². The molecular weight excluding hydrogens is 329 g/mol. The maximum absolute atomic E-state index is 13.6. The van der Waals surface area contributed by atoms with Gasteiger partial charge in [0.2, 0.25) is 0 Å². The van der Waals surface area contributed by atoms with Gasteiger partial charge in [0.15, 0.2) is 0 Å². The molecule has 5 heteroatoms. The lowest BCUT2D eigenvalue weighted by atomic mass is 9.94. The standard InChI is InChI=1S/C21H20FN3O/c22-18-8-6-7-16(13-18)20-11-4-5-12-24(20)21(26)17-14-23-25(15-17)19-9-2-1-3-10-19/h1-3,6-10,13-15,20H,4-5,11-12H2. The lowest BCUT2D eigenvalue weighted by Gasteiger charge is -2.36. The van der Waals surface area contributed by atoms with Crippen molar-refractivity contribution in [2.75, 3.05) is 6.54 Å². The number of rotatable bonds is 3. The van der Waals surface area contributed by atoms with E-state index in [2.05, 4.69) is 5.10 Å². The van der Waals surface area contributed by atoms with Crippen LogP contribution < -0.4 is 0 Å². The molecular formula is C21H20FN3O. The van der Waals surface area contributed by atoms with Gasteiger partial charge in [0, 0.05) is 12.7 Å². The topological polar surface area (TPSA) is 38.1 Å². The van der Waals surface area contributed by atoms with Crippen LogP contribution in [0.5, 0.6) is 0 Å². The molecule has 1 unspecified atom stereocenters. The van der Waals surface area contributed by atoms with E-state index in [1.165, 1.54) is 12.1 Å². The fraction of sp³-hybridized carbons (Fsp3) is 0.238. The first-order chi connectivity index (χ1) is 12.7. The molecule has 1 saturated heterocycles. The third kappa shape index (κ3) is 3.25. The molecule has 4 nitrogen and oxygen atoms in total. The van der Waals surface area contributed by atoms with Crippen molar-refractivity contribution in [2.24, 2.45) is 0 Å². The van der Waals surface area contributed by atoms with Gasteiger partial charge in [-0.2, -0.15) is 5.10 Å². The molecule has 3 aromatic rings. The predicted molar refractivity (Wildman–Crippen MR) is 97.6 cm³/mol. The van der Waals surface area contributed by atoms with Gasteiger partial charge in [0.25, 0.3) is 5.91 Å². The summed E-state index contributed by atoms with van der Waals surface area (Å²) in [7, 11) is 0. The number of nitrogens with zero attached hydrogens (tertiary/aromatic N) is 3. The van der Waals surface area contributed by atoms with Crippen molar-refractivity contribution in [3.8, 4) is 5.69 Å². The number of piperidine rings is 1. The molecule has 1 amide bonds. The fourth-order valence-electron chi connectivity index (χ4n) is 3.56. The lowest BCUT2D eigenvalue weighted by Crippen LogP contribution is -2.38. The largest absolute Gasteiger partial charge is 0.332 e. The molecule has 1 aliphatic heterocycles. The molecule has 0 aliphatic carbocycles. The molecule has 0 radical (unpaired) electrons. The van der Waals surface area contributed by atoms with Crippen molar-refractivity contribution >= 4 is 5.91 Å². The van der Waals surface area contributed by atoms with Crippen LogP contribution in [0, 0.1) is 5.82 Å². The van der Waals surface area contributed by atoms with Crippen LogP contribution in [0.25, 0.3) is 5.69 Å². The predicted octanol–water partition coefficient (Wildman–Crippen LogP) is 4.38. The molecule has 26 heavy (non-hydrogen) atoms. The summed E-state index contributed by atoms with van der Waals surface area (Å²) < 4.78 is 15.4. The molecule has 1 fully saturated rings. The Kier molecular flexibility index (Phi) is 4.52. The van der Waals surface area contributed by atoms with E-state index >= 15 is 0 Å². The molecule has 132 valence electrons. The Balaban J connectivity index is 1.61. The quantitative estimate of drug-likeness (QED) is 0.704. The van der Waals surface area contributed by atoms with E-state index in [1.807, 2.05) is 41.3 Å². The number of carbonyl (C=O) groups excluding carboxylic acids is 1. The highest BCUT2D eigenvalue weighted by atomic mass is 19.1. The number of hydrogen-bond acceptors (Lipinski definition) is 2. The van der Waals surface area contributed by atoms with E-state index in [4.69, 9.17) is 0 Å². The Morgan fingerprint density at radius 3 is 2.73 bits per heavy atom. The minimum absolute atomic E-state index is 0.0545. The molecule has 1 aromatic heterocycles. The smallest absolute Gasteiger partial charge is 0.257 e. The van der Waals surface area contributed by atoms with Gasteiger partial charge in [-0.05, 0) is 49.1 Å². The average molecular weight is 349 g/mol. The Hall–Kier alpha value is -2.95. The minimum Gasteiger partial charge on any atom is -0.332 e. The first-order valence-electron chi connectivity index (χ1n) is 8.89. The van der Waals surface area contributed by atoms with Crippen molar-refractivity contribution in [1.82, 2.24) is 14.7 Å². The van der Waals surface area contributed by atoms with Gasteiger partial charge in [0.1, 0.15) is 5.82 Å². The second-order valence-electron chi connectivity index (χ2n) is 6.57. The zero-order chi connectivity index (χ0) is 17.9. The fourth-order valence-corrected chi connectivity index (χ4v) is 3.56. The highest BCUT2D eigenvalue weighted by Gasteiger charge is 2.29. The van der Waals surface area contributed by atoms with Crippen molar-refractivity contribution < 1.29 is 9.18 Å². The maximum Gasteiger partial charge on any atom is 0.257 e. The Morgan fingerprint density at radius 2 is 1.92 bits per heavy atom. The van der Waals surface area contributed by atoms with Crippen molar-refractivity contribution in [3.63, 3.8) is 0 Å². The first-order valence-corrected chi connectivity index (χ1v) is 8.89. The summed E-state index contributed by atoms with van der Waals surface area (Å²) in [6.45, 7) is 0.677. The van der Waals surface area contributed by atoms with Gasteiger partial charge in [-0.3, -0.25) is 4.79 Å². The van der Waals surface area contributed by atoms with Crippen LogP contribution in [-0.2, 0) is 0 Å². The zero-order valence-corrected chi connectivity index (χ0v) is 14.4. The molecule has 0 bridgehead atoms. The third-order valence-corrected chi connectivity index (χ3v) is 4.85. The van der Waals surface area contributed by atoms with Crippen LogP contribution >= 0.6 is 0 Å². The molecule has 0 N–H and O–H groups in total. The highest BCUT2D eigenvalue weighted by molar-refractivity contribution is 5.94. The van der Waals surface area contributed by atoms with Gasteiger partial charge in [-0.15, -0.1) is 0 Å². The summed E-state index contributed by atoms with van der Waals surface area (Å²) in [5.74, 6) is -0.321. The molecule has 0 spiro atoms. The number of hydrogen-bond donors (Lipinski definition) is 0. The summed E-state index contributed by atoms with van der Waals surface area (Å²) in [6.07, 6.45) is 6.21. The van der Waals surface area contributed by atoms with E-state index in [0.29, 0.717) is 12.1 Å². The van der Waals surface area contributed by atoms with Crippen molar-refractivity contribution in [2.45, 2.75) is 25.3 Å². The number of benzene rings is 2. The van der Waals surface area contributed by atoms with Crippen molar-refractivity contribution in [3.05, 3.63) is 83.9 Å². The van der Waals surface area contributed by atoms with Crippen LogP contribution in [-0.4, -0.2) is 27.1 Å². The SMILES string of the molecule is O=C(c1cnn(-c2ccccc2)c1)N1CCCCC1c1cccc(F)c1. The summed E-state index contributed by atoms with van der Waals surface area (Å²) in [4.78, 5) is 14.9. The summed E-state index contributed by atoms with van der Waals surface area (Å²) in [5, 5.41) is 4.32. The van der Waals surface area contributed by atoms with Gasteiger partial charge < -0.3 is 4.90 Å². The highest BCUT2D eigenvalue weighted by Crippen LogP contribution is 2.32. The second kappa shape index (κ2) is 7.12. The zero-order valence-electron chi connectivity index (χ0n) is 14.4. The van der Waals surface area contributed by atoms with Crippen LogP contribution in [0.15, 0.2) is 67.0 Å². The number of aromatic nitrogens is 2. The maximum atomic E-state index is 13.6. The van der Waals surface area contributed by atoms with Gasteiger partial charge >= 0.3 is 0 Å². The van der Waals surface area contributed by atoms with Crippen molar-refractivity contribution in [1.29, 1.82) is 0 Å². The molecule has 1 atom stereocenters. The van der Waals surface area contributed by atoms with E-state index in [0.717, 1.165) is 30.5 Å². The van der Waals surface area contributed by atoms with Crippen LogP contribution in [0.3, 0.4) is 0 Å². The van der Waals surface area contributed by atoms with Gasteiger partial charge in [-0.1, -0.05) is 30.3 Å². The minimum atomic E-state index is -0.266. The van der Waals surface area contributed by atoms with Crippen LogP contribution in [0.1, 0.15) is 41.2 Å². The summed E-state index contributed by atoms with van der Waals surface area (Å²) >= 11 is 0. The summed E-state index contributed by atoms with van der Waals surface area (Å²) in [5.41, 5.74) is 2.32. The first kappa shape index (κ1) is 16.5. The monoisotopic (exact) mass is 349 g/mol. The third-order valence-electron chi connectivity index (χ3n) is 4.85. The number of halogens is 1. The summed E-state index contributed by atoms with van der Waals surface area (Å²) in [6, 6.07) is 16.2. The molecule has 0 saturated carbocycles. The second-order valence-corrected chi connectivity index (χ2v) is 6.57. The molecule has 1 aliphatic rings. The van der Waals surface area contributed by atoms with Gasteiger partial charge in [0.05, 0.1) is 23.5 Å². The Labute approximate surface area is 151 Å². The average Bonchev–Trinajstić information content (AvgIpc) is 3.18. The number of likely N-dealkylation sites (tertiary alicyclic amines) is 1. The normalized spacial score (nSPS) is 17.3. The Morgan fingerprint density at radius 1 is 1.08 bits per heavy atom. The molecule has 2 heterocycles. The number of carbonyl (C=O) groups is 1. The van der Waals surface area contributed by atoms with E-state index < -0.39 is 0 Å². The van der Waals surface area contributed by atoms with Crippen LogP contribution in [0.2, 0.25) is 0 Å². The van der Waals surface area contributed by atoms with Gasteiger partial charge in [-0.25, -0.2) is 9.07 Å². The Bertz CT molecular complexity index is 906. The molecule has 4 rings (SSSR count). The molecule has 2 aromatic carbocycles. The van der Waals surface area contributed by atoms with Crippen LogP contribution in [0.4, 0.5) is 4.39 Å². The van der Waals surface area contributed by atoms with E-state index in [1.54, 1.807) is 23.1 Å². The lowest BCUT2D eigenvalue weighted by molar-refractivity contribution is 0.0611. The van der Waals surface area contributed by atoms with E-state index in [-0.39, 0.29) is 17.8 Å². The number of amides is 1.